The molecule has 0 aliphatic carbocycles. The number of hydrogen-bond donors (Lipinski definition) is 1. The summed E-state index contributed by atoms with van der Waals surface area (Å²) in [7, 11) is 0. The Labute approximate surface area is 143 Å². The van der Waals surface area contributed by atoms with E-state index in [1.165, 1.54) is 0 Å². The molecule has 0 bridgehead atoms. The van der Waals surface area contributed by atoms with Gasteiger partial charge >= 0.3 is 0 Å². The van der Waals surface area contributed by atoms with E-state index in [1.807, 2.05) is 22.9 Å². The van der Waals surface area contributed by atoms with Gasteiger partial charge in [0.1, 0.15) is 0 Å². The van der Waals surface area contributed by atoms with Crippen LogP contribution >= 0.6 is 23.2 Å². The summed E-state index contributed by atoms with van der Waals surface area (Å²) in [5.74, 6) is -0.197. The lowest BCUT2D eigenvalue weighted by Crippen LogP contribution is -2.12. The lowest BCUT2D eigenvalue weighted by atomic mass is 10.1. The Balaban J connectivity index is 1.68. The zero-order chi connectivity index (χ0) is 16.2. The van der Waals surface area contributed by atoms with Gasteiger partial charge in [-0.3, -0.25) is 4.79 Å². The first-order chi connectivity index (χ1) is 11.1. The molecule has 0 unspecified atom stereocenters. The van der Waals surface area contributed by atoms with Gasteiger partial charge in [0.2, 0.25) is 0 Å². The highest BCUT2D eigenvalue weighted by Gasteiger charge is 2.07. The van der Waals surface area contributed by atoms with Gasteiger partial charge in [0.05, 0.1) is 16.4 Å². The maximum Gasteiger partial charge on any atom is 0.255 e. The van der Waals surface area contributed by atoms with E-state index in [0.717, 1.165) is 5.56 Å². The third-order valence-corrected chi connectivity index (χ3v) is 4.06. The van der Waals surface area contributed by atoms with Crippen LogP contribution in [-0.4, -0.2) is 15.5 Å². The third-order valence-electron chi connectivity index (χ3n) is 3.32. The Hall–Kier alpha value is -2.30. The summed E-state index contributed by atoms with van der Waals surface area (Å²) in [5.41, 5.74) is 2.27. The zero-order valence-electron chi connectivity index (χ0n) is 12.0. The van der Waals surface area contributed by atoms with E-state index in [0.29, 0.717) is 27.8 Å². The zero-order valence-corrected chi connectivity index (χ0v) is 13.6. The van der Waals surface area contributed by atoms with Crippen LogP contribution in [0.25, 0.3) is 0 Å². The molecule has 0 fully saturated rings. The molecule has 1 aromatic heterocycles. The number of hydrogen-bond acceptors (Lipinski definition) is 2. The van der Waals surface area contributed by atoms with Crippen LogP contribution in [0.1, 0.15) is 15.9 Å². The molecule has 116 valence electrons. The molecule has 1 heterocycles. The lowest BCUT2D eigenvalue weighted by molar-refractivity contribution is 0.102. The van der Waals surface area contributed by atoms with Crippen molar-refractivity contribution >= 4 is 34.8 Å². The molecule has 1 amide bonds. The third kappa shape index (κ3) is 3.92. The largest absolute Gasteiger partial charge is 0.333 e. The predicted molar refractivity (Wildman–Crippen MR) is 92.2 cm³/mol. The second kappa shape index (κ2) is 6.86. The Kier molecular flexibility index (Phi) is 4.65. The molecule has 0 atom stereocenters. The van der Waals surface area contributed by atoms with Crippen LogP contribution in [-0.2, 0) is 6.54 Å². The molecule has 3 rings (SSSR count). The van der Waals surface area contributed by atoms with Crippen molar-refractivity contribution in [2.75, 3.05) is 5.32 Å². The number of carbonyl (C=O) groups is 1. The second-order valence-corrected chi connectivity index (χ2v) is 5.83. The molecular formula is C17H13Cl2N3O. The van der Waals surface area contributed by atoms with E-state index in [1.54, 1.807) is 42.9 Å². The maximum atomic E-state index is 12.2. The number of benzene rings is 2. The monoisotopic (exact) mass is 345 g/mol. The number of nitrogens with zero attached hydrogens (tertiary/aromatic N) is 2. The number of amides is 1. The van der Waals surface area contributed by atoms with Crippen molar-refractivity contribution in [2.45, 2.75) is 6.54 Å². The van der Waals surface area contributed by atoms with Crippen LogP contribution in [0.4, 0.5) is 5.69 Å². The number of anilines is 1. The molecule has 6 heteroatoms. The van der Waals surface area contributed by atoms with Crippen LogP contribution in [0.2, 0.25) is 10.0 Å². The number of halogens is 2. The lowest BCUT2D eigenvalue weighted by Gasteiger charge is -2.08. The first-order valence-electron chi connectivity index (χ1n) is 6.93. The van der Waals surface area contributed by atoms with Gasteiger partial charge in [-0.1, -0.05) is 35.3 Å². The highest BCUT2D eigenvalue weighted by molar-refractivity contribution is 6.42. The Morgan fingerprint density at radius 2 is 1.87 bits per heavy atom. The standard InChI is InChI=1S/C17H13Cl2N3O/c18-15-6-5-14(9-16(15)19)21-17(23)13-3-1-12(2-4-13)10-22-8-7-20-11-22/h1-9,11H,10H2,(H,21,23). The highest BCUT2D eigenvalue weighted by Crippen LogP contribution is 2.25. The molecule has 0 saturated heterocycles. The van der Waals surface area contributed by atoms with Crippen molar-refractivity contribution in [1.29, 1.82) is 0 Å². The topological polar surface area (TPSA) is 46.9 Å². The summed E-state index contributed by atoms with van der Waals surface area (Å²) in [6, 6.07) is 12.4. The predicted octanol–water partition coefficient (Wildman–Crippen LogP) is 4.49. The molecule has 4 nitrogen and oxygen atoms in total. The van der Waals surface area contributed by atoms with E-state index in [4.69, 9.17) is 23.2 Å². The van der Waals surface area contributed by atoms with Crippen LogP contribution in [0, 0.1) is 0 Å². The van der Waals surface area contributed by atoms with Gasteiger partial charge in [0, 0.05) is 30.2 Å². The Morgan fingerprint density at radius 1 is 1.09 bits per heavy atom. The molecule has 2 aromatic carbocycles. The molecule has 0 aliphatic heterocycles. The van der Waals surface area contributed by atoms with Crippen LogP contribution in [0.15, 0.2) is 61.2 Å². The van der Waals surface area contributed by atoms with Crippen molar-refractivity contribution in [2.24, 2.45) is 0 Å². The fourth-order valence-electron chi connectivity index (χ4n) is 2.13. The minimum Gasteiger partial charge on any atom is -0.333 e. The van der Waals surface area contributed by atoms with Gasteiger partial charge in [0.25, 0.3) is 5.91 Å². The smallest absolute Gasteiger partial charge is 0.255 e. The Bertz CT molecular complexity index is 814. The van der Waals surface area contributed by atoms with Crippen molar-refractivity contribution < 1.29 is 4.79 Å². The quantitative estimate of drug-likeness (QED) is 0.757. The average Bonchev–Trinajstić information content (AvgIpc) is 3.04. The minimum absolute atomic E-state index is 0.197. The summed E-state index contributed by atoms with van der Waals surface area (Å²) in [6.45, 7) is 0.717. The van der Waals surface area contributed by atoms with Crippen LogP contribution in [0.5, 0.6) is 0 Å². The van der Waals surface area contributed by atoms with E-state index in [9.17, 15) is 4.79 Å². The number of carbonyl (C=O) groups excluding carboxylic acids is 1. The van der Waals surface area contributed by atoms with E-state index < -0.39 is 0 Å². The van der Waals surface area contributed by atoms with Crippen molar-refractivity contribution in [3.05, 3.63) is 82.4 Å². The molecule has 0 aliphatic rings. The first kappa shape index (κ1) is 15.6. The maximum absolute atomic E-state index is 12.2. The van der Waals surface area contributed by atoms with Crippen LogP contribution in [0.3, 0.4) is 0 Å². The molecule has 0 radical (unpaired) electrons. The Morgan fingerprint density at radius 3 is 2.52 bits per heavy atom. The van der Waals surface area contributed by atoms with Crippen molar-refractivity contribution in [1.82, 2.24) is 9.55 Å². The van der Waals surface area contributed by atoms with Gasteiger partial charge in [0.15, 0.2) is 0 Å². The summed E-state index contributed by atoms with van der Waals surface area (Å²) in [4.78, 5) is 16.2. The molecule has 0 saturated carbocycles. The molecule has 23 heavy (non-hydrogen) atoms. The van der Waals surface area contributed by atoms with Crippen LogP contribution < -0.4 is 5.32 Å². The van der Waals surface area contributed by atoms with Gasteiger partial charge in [-0.2, -0.15) is 0 Å². The van der Waals surface area contributed by atoms with Gasteiger partial charge in [-0.15, -0.1) is 0 Å². The summed E-state index contributed by atoms with van der Waals surface area (Å²) < 4.78 is 1.96. The van der Waals surface area contributed by atoms with E-state index in [-0.39, 0.29) is 5.91 Å². The number of rotatable bonds is 4. The van der Waals surface area contributed by atoms with Gasteiger partial charge in [-0.25, -0.2) is 4.98 Å². The first-order valence-corrected chi connectivity index (χ1v) is 7.68. The highest BCUT2D eigenvalue weighted by atomic mass is 35.5. The average molecular weight is 346 g/mol. The fourth-order valence-corrected chi connectivity index (χ4v) is 2.43. The summed E-state index contributed by atoms with van der Waals surface area (Å²) >= 11 is 11.8. The fraction of sp³-hybridized carbons (Fsp3) is 0.0588. The minimum atomic E-state index is -0.197. The van der Waals surface area contributed by atoms with Gasteiger partial charge in [-0.05, 0) is 35.9 Å². The molecular weight excluding hydrogens is 333 g/mol. The van der Waals surface area contributed by atoms with Crippen molar-refractivity contribution in [3.63, 3.8) is 0 Å². The second-order valence-electron chi connectivity index (χ2n) is 5.01. The SMILES string of the molecule is O=C(Nc1ccc(Cl)c(Cl)c1)c1ccc(Cn2ccnc2)cc1. The number of imidazole rings is 1. The summed E-state index contributed by atoms with van der Waals surface area (Å²) in [5, 5.41) is 3.65. The summed E-state index contributed by atoms with van der Waals surface area (Å²) in [6.07, 6.45) is 5.38. The number of nitrogens with one attached hydrogen (secondary N) is 1. The normalized spacial score (nSPS) is 10.5. The molecule has 0 spiro atoms. The van der Waals surface area contributed by atoms with Crippen molar-refractivity contribution in [3.8, 4) is 0 Å². The molecule has 1 N–H and O–H groups in total. The van der Waals surface area contributed by atoms with E-state index in [2.05, 4.69) is 10.3 Å². The van der Waals surface area contributed by atoms with Gasteiger partial charge < -0.3 is 9.88 Å². The van der Waals surface area contributed by atoms with E-state index >= 15 is 0 Å². The number of aromatic nitrogens is 2. The molecule has 3 aromatic rings.